The van der Waals surface area contributed by atoms with E-state index >= 15 is 0 Å². The fourth-order valence-corrected chi connectivity index (χ4v) is 4.73. The Balaban J connectivity index is 1.18. The number of piperazine rings is 1. The summed E-state index contributed by atoms with van der Waals surface area (Å²) in [6, 6.07) is 6.86. The van der Waals surface area contributed by atoms with Crippen LogP contribution in [0.25, 0.3) is 11.0 Å². The highest BCUT2D eigenvalue weighted by Gasteiger charge is 2.25. The van der Waals surface area contributed by atoms with Crippen molar-refractivity contribution < 1.29 is 13.6 Å². The minimum atomic E-state index is -0.966. The topological polar surface area (TPSA) is 97.5 Å². The molecule has 0 radical (unpaired) electrons. The number of fused-ring (bicyclic) bond motifs is 1. The molecule has 0 aliphatic carbocycles. The first-order chi connectivity index (χ1) is 17.4. The predicted octanol–water partition coefficient (Wildman–Crippen LogP) is 2.03. The number of aryl methyl sites for hydroxylation is 1. The SMILES string of the molecule is CCc1cc2ncc(CN3CCN(c4ccc(C(=O)NN5CCC(F)C5)nc4F)CC3)cc2[nH]c1=O. The first-order valence-corrected chi connectivity index (χ1v) is 12.2. The van der Waals surface area contributed by atoms with E-state index in [2.05, 4.69) is 25.3 Å². The van der Waals surface area contributed by atoms with Crippen LogP contribution in [0.2, 0.25) is 0 Å². The van der Waals surface area contributed by atoms with Gasteiger partial charge in [0.2, 0.25) is 5.95 Å². The molecule has 0 spiro atoms. The highest BCUT2D eigenvalue weighted by Crippen LogP contribution is 2.21. The van der Waals surface area contributed by atoms with Crippen LogP contribution in [-0.2, 0) is 13.0 Å². The molecule has 0 aromatic carbocycles. The molecule has 2 aliphatic rings. The molecule has 190 valence electrons. The second-order valence-corrected chi connectivity index (χ2v) is 9.30. The zero-order valence-electron chi connectivity index (χ0n) is 20.1. The number of anilines is 1. The van der Waals surface area contributed by atoms with Gasteiger partial charge in [-0.25, -0.2) is 14.4 Å². The van der Waals surface area contributed by atoms with E-state index in [1.165, 1.54) is 11.1 Å². The maximum Gasteiger partial charge on any atom is 0.284 e. The van der Waals surface area contributed by atoms with Crippen molar-refractivity contribution in [3.8, 4) is 0 Å². The zero-order chi connectivity index (χ0) is 25.2. The van der Waals surface area contributed by atoms with Crippen molar-refractivity contribution in [3.05, 3.63) is 63.6 Å². The summed E-state index contributed by atoms with van der Waals surface area (Å²) < 4.78 is 28.1. The van der Waals surface area contributed by atoms with Crippen LogP contribution in [0.1, 0.15) is 35.0 Å². The molecule has 11 heteroatoms. The average molecular weight is 498 g/mol. The van der Waals surface area contributed by atoms with Crippen molar-refractivity contribution in [2.24, 2.45) is 0 Å². The number of hydrogen-bond donors (Lipinski definition) is 2. The summed E-state index contributed by atoms with van der Waals surface area (Å²) in [6.45, 7) is 5.80. The Bertz CT molecular complexity index is 1320. The molecule has 3 aromatic rings. The van der Waals surface area contributed by atoms with Crippen molar-refractivity contribution in [1.82, 2.24) is 30.3 Å². The van der Waals surface area contributed by atoms with Crippen LogP contribution < -0.4 is 15.9 Å². The predicted molar refractivity (Wildman–Crippen MR) is 132 cm³/mol. The zero-order valence-corrected chi connectivity index (χ0v) is 20.1. The third-order valence-electron chi connectivity index (χ3n) is 6.78. The third-order valence-corrected chi connectivity index (χ3v) is 6.78. The number of aromatic amines is 1. The molecule has 1 amide bonds. The molecular weight excluding hydrogens is 468 g/mol. The summed E-state index contributed by atoms with van der Waals surface area (Å²) in [7, 11) is 0. The summed E-state index contributed by atoms with van der Waals surface area (Å²) in [5.41, 5.74) is 6.02. The quantitative estimate of drug-likeness (QED) is 0.503. The molecule has 0 saturated carbocycles. The molecule has 1 atom stereocenters. The van der Waals surface area contributed by atoms with Gasteiger partial charge < -0.3 is 9.88 Å². The fourth-order valence-electron chi connectivity index (χ4n) is 4.73. The summed E-state index contributed by atoms with van der Waals surface area (Å²) in [4.78, 5) is 39.9. The highest BCUT2D eigenvalue weighted by molar-refractivity contribution is 5.92. The molecule has 2 aliphatic heterocycles. The first kappa shape index (κ1) is 24.3. The van der Waals surface area contributed by atoms with Gasteiger partial charge in [0, 0.05) is 57.6 Å². The second kappa shape index (κ2) is 10.3. The van der Waals surface area contributed by atoms with Gasteiger partial charge in [0.15, 0.2) is 0 Å². The van der Waals surface area contributed by atoms with Crippen LogP contribution in [0, 0.1) is 5.95 Å². The Morgan fingerprint density at radius 2 is 2.00 bits per heavy atom. The van der Waals surface area contributed by atoms with Crippen molar-refractivity contribution in [2.75, 3.05) is 44.2 Å². The number of rotatable bonds is 6. The fraction of sp³-hybridized carbons (Fsp3) is 0.440. The number of nitrogens with one attached hydrogen (secondary N) is 2. The van der Waals surface area contributed by atoms with Crippen molar-refractivity contribution in [1.29, 1.82) is 0 Å². The molecule has 5 heterocycles. The van der Waals surface area contributed by atoms with E-state index in [1.807, 2.05) is 30.2 Å². The lowest BCUT2D eigenvalue weighted by molar-refractivity contribution is 0.0811. The number of aromatic nitrogens is 3. The van der Waals surface area contributed by atoms with E-state index in [4.69, 9.17) is 0 Å². The van der Waals surface area contributed by atoms with E-state index in [1.54, 1.807) is 6.07 Å². The summed E-state index contributed by atoms with van der Waals surface area (Å²) in [5.74, 6) is -1.24. The number of carbonyl (C=O) groups is 1. The lowest BCUT2D eigenvalue weighted by Crippen LogP contribution is -2.46. The van der Waals surface area contributed by atoms with Gasteiger partial charge >= 0.3 is 0 Å². The van der Waals surface area contributed by atoms with Gasteiger partial charge in [-0.05, 0) is 42.7 Å². The Morgan fingerprint density at radius 1 is 1.19 bits per heavy atom. The number of amides is 1. The van der Waals surface area contributed by atoms with E-state index in [0.717, 1.165) is 22.2 Å². The summed E-state index contributed by atoms with van der Waals surface area (Å²) in [6.07, 6.45) is 1.88. The number of hydrazine groups is 1. The van der Waals surface area contributed by atoms with Crippen LogP contribution in [0.3, 0.4) is 0 Å². The lowest BCUT2D eigenvalue weighted by atomic mass is 10.1. The lowest BCUT2D eigenvalue weighted by Gasteiger charge is -2.36. The number of pyridine rings is 3. The number of halogens is 2. The van der Waals surface area contributed by atoms with Gasteiger partial charge in [0.05, 0.1) is 16.7 Å². The minimum absolute atomic E-state index is 0.0369. The molecule has 0 bridgehead atoms. The maximum absolute atomic E-state index is 14.8. The third kappa shape index (κ3) is 5.21. The average Bonchev–Trinajstić information content (AvgIpc) is 3.28. The monoisotopic (exact) mass is 497 g/mol. The van der Waals surface area contributed by atoms with Crippen LogP contribution in [-0.4, -0.2) is 76.2 Å². The number of carbonyl (C=O) groups excluding carboxylic acids is 1. The van der Waals surface area contributed by atoms with Crippen molar-refractivity contribution in [2.45, 2.75) is 32.5 Å². The summed E-state index contributed by atoms with van der Waals surface area (Å²) >= 11 is 0. The maximum atomic E-state index is 14.8. The Labute approximate surface area is 207 Å². The van der Waals surface area contributed by atoms with E-state index in [0.29, 0.717) is 57.8 Å². The summed E-state index contributed by atoms with van der Waals surface area (Å²) in [5, 5.41) is 1.49. The van der Waals surface area contributed by atoms with Crippen LogP contribution in [0.5, 0.6) is 0 Å². The minimum Gasteiger partial charge on any atom is -0.365 e. The van der Waals surface area contributed by atoms with Gasteiger partial charge in [-0.3, -0.25) is 24.9 Å². The van der Waals surface area contributed by atoms with Gasteiger partial charge in [0.1, 0.15) is 11.9 Å². The van der Waals surface area contributed by atoms with Gasteiger partial charge in [-0.1, -0.05) is 6.92 Å². The molecule has 9 nitrogen and oxygen atoms in total. The molecule has 2 saturated heterocycles. The normalized spacial score (nSPS) is 19.2. The number of hydrogen-bond acceptors (Lipinski definition) is 7. The van der Waals surface area contributed by atoms with Crippen molar-refractivity contribution >= 4 is 22.6 Å². The standard InChI is InChI=1S/C25H29F2N7O2/c1-2-17-12-20-21(30-24(17)35)11-16(13-28-20)14-32-7-9-33(10-8-32)22-4-3-19(29-23(22)27)25(36)31-34-6-5-18(26)15-34/h3-4,11-13,18H,2,5-10,14-15H2,1H3,(H,30,35)(H,31,36). The van der Waals surface area contributed by atoms with E-state index in [-0.39, 0.29) is 17.8 Å². The molecule has 2 N–H and O–H groups in total. The van der Waals surface area contributed by atoms with Crippen molar-refractivity contribution in [3.63, 3.8) is 0 Å². The Hall–Kier alpha value is -3.44. The number of H-pyrrole nitrogens is 1. The van der Waals surface area contributed by atoms with Crippen LogP contribution in [0.15, 0.2) is 35.3 Å². The van der Waals surface area contributed by atoms with Gasteiger partial charge in [-0.15, -0.1) is 0 Å². The Morgan fingerprint density at radius 3 is 2.69 bits per heavy atom. The smallest absolute Gasteiger partial charge is 0.284 e. The van der Waals surface area contributed by atoms with Gasteiger partial charge in [0.25, 0.3) is 11.5 Å². The molecule has 36 heavy (non-hydrogen) atoms. The molecule has 3 aromatic heterocycles. The van der Waals surface area contributed by atoms with Crippen LogP contribution >= 0.6 is 0 Å². The van der Waals surface area contributed by atoms with Gasteiger partial charge in [-0.2, -0.15) is 4.39 Å². The van der Waals surface area contributed by atoms with Crippen LogP contribution in [0.4, 0.5) is 14.5 Å². The number of alkyl halides is 1. The molecule has 2 fully saturated rings. The van der Waals surface area contributed by atoms with E-state index in [9.17, 15) is 18.4 Å². The highest BCUT2D eigenvalue weighted by atomic mass is 19.1. The number of nitrogens with zero attached hydrogens (tertiary/aromatic N) is 5. The van der Waals surface area contributed by atoms with E-state index < -0.39 is 18.0 Å². The Kier molecular flexibility index (Phi) is 6.92. The molecule has 5 rings (SSSR count). The first-order valence-electron chi connectivity index (χ1n) is 12.2. The molecule has 1 unspecified atom stereocenters. The largest absolute Gasteiger partial charge is 0.365 e. The second-order valence-electron chi connectivity index (χ2n) is 9.30. The molecular formula is C25H29F2N7O2.